The largest absolute Gasteiger partial charge is 0.465 e. The molecular weight excluding hydrogens is 435 g/mol. The smallest absolute Gasteiger partial charge is 0.337 e. The molecule has 1 fully saturated rings. The molecule has 4 rings (SSSR count). The minimum absolute atomic E-state index is 0.0567. The molecule has 0 radical (unpaired) electrons. The van der Waals surface area contributed by atoms with E-state index >= 15 is 0 Å². The Morgan fingerprint density at radius 3 is 2.47 bits per heavy atom. The summed E-state index contributed by atoms with van der Waals surface area (Å²) in [6, 6.07) is 8.81. The van der Waals surface area contributed by atoms with Crippen LogP contribution in [0, 0.1) is 23.6 Å². The van der Waals surface area contributed by atoms with E-state index in [2.05, 4.69) is 22.2 Å². The Morgan fingerprint density at radius 1 is 1.09 bits per heavy atom. The third-order valence-electron chi connectivity index (χ3n) is 5.87. The number of halogens is 1. The van der Waals surface area contributed by atoms with Gasteiger partial charge >= 0.3 is 5.97 Å². The van der Waals surface area contributed by atoms with E-state index in [4.69, 9.17) is 4.74 Å². The van der Waals surface area contributed by atoms with Gasteiger partial charge in [-0.3, -0.25) is 9.52 Å². The molecule has 32 heavy (non-hydrogen) atoms. The topological polar surface area (TPSA) is 102 Å². The van der Waals surface area contributed by atoms with Gasteiger partial charge in [0.1, 0.15) is 5.82 Å². The van der Waals surface area contributed by atoms with Crippen LogP contribution in [-0.4, -0.2) is 27.4 Å². The quantitative estimate of drug-likeness (QED) is 0.490. The van der Waals surface area contributed by atoms with E-state index in [1.54, 1.807) is 6.07 Å². The van der Waals surface area contributed by atoms with E-state index < -0.39 is 21.8 Å². The van der Waals surface area contributed by atoms with Gasteiger partial charge in [0, 0.05) is 12.5 Å². The molecule has 168 valence electrons. The molecule has 2 N–H and O–H groups in total. The average molecular weight is 459 g/mol. The van der Waals surface area contributed by atoms with Crippen LogP contribution < -0.4 is 10.0 Å². The highest BCUT2D eigenvalue weighted by molar-refractivity contribution is 7.92. The van der Waals surface area contributed by atoms with Gasteiger partial charge in [0.25, 0.3) is 10.0 Å². The Morgan fingerprint density at radius 2 is 1.84 bits per heavy atom. The lowest BCUT2D eigenvalue weighted by Gasteiger charge is -2.18. The second-order valence-corrected chi connectivity index (χ2v) is 9.76. The highest BCUT2D eigenvalue weighted by Gasteiger charge is 2.39. The molecule has 2 bridgehead atoms. The summed E-state index contributed by atoms with van der Waals surface area (Å²) in [7, 11) is -2.79. The van der Waals surface area contributed by atoms with Crippen LogP contribution in [0.15, 0.2) is 59.5 Å². The first-order valence-corrected chi connectivity index (χ1v) is 11.7. The van der Waals surface area contributed by atoms with E-state index in [-0.39, 0.29) is 40.4 Å². The van der Waals surface area contributed by atoms with Crippen LogP contribution in [0.4, 0.5) is 10.1 Å². The lowest BCUT2D eigenvalue weighted by molar-refractivity contribution is -0.125. The number of carbonyl (C=O) groups is 2. The van der Waals surface area contributed by atoms with Crippen molar-refractivity contribution in [3.8, 4) is 0 Å². The molecule has 7 nitrogen and oxygen atoms in total. The summed E-state index contributed by atoms with van der Waals surface area (Å²) in [5.41, 5.74) is 0.806. The molecule has 3 atom stereocenters. The van der Waals surface area contributed by atoms with Gasteiger partial charge in [-0.15, -0.1) is 0 Å². The van der Waals surface area contributed by atoms with Gasteiger partial charge in [0.2, 0.25) is 5.91 Å². The Bertz CT molecular complexity index is 1180. The third kappa shape index (κ3) is 4.67. The highest BCUT2D eigenvalue weighted by Crippen LogP contribution is 2.43. The molecule has 0 aliphatic heterocycles. The molecule has 0 saturated heterocycles. The minimum atomic E-state index is -4.01. The lowest BCUT2D eigenvalue weighted by Crippen LogP contribution is -2.32. The van der Waals surface area contributed by atoms with Crippen molar-refractivity contribution in [1.29, 1.82) is 0 Å². The number of anilines is 1. The van der Waals surface area contributed by atoms with Gasteiger partial charge in [0.15, 0.2) is 0 Å². The Balaban J connectivity index is 1.53. The fraction of sp³-hybridized carbons (Fsp3) is 0.304. The number of hydrogen-bond acceptors (Lipinski definition) is 5. The Hall–Kier alpha value is -3.20. The van der Waals surface area contributed by atoms with Gasteiger partial charge < -0.3 is 10.1 Å². The van der Waals surface area contributed by atoms with Crippen molar-refractivity contribution >= 4 is 27.6 Å². The van der Waals surface area contributed by atoms with E-state index in [0.29, 0.717) is 11.5 Å². The predicted molar refractivity (Wildman–Crippen MR) is 116 cm³/mol. The summed E-state index contributed by atoms with van der Waals surface area (Å²) in [5.74, 6) is -0.589. The summed E-state index contributed by atoms with van der Waals surface area (Å²) in [6.45, 7) is 0.131. The SMILES string of the molecule is COC(=O)c1cc(CNC(=O)[C@@H]2C[C@@H]3C=C[C@H]2C3)cc(NS(=O)(=O)c2ccc(F)cc2)c1. The number of esters is 1. The number of rotatable bonds is 7. The first kappa shape index (κ1) is 22.0. The maximum absolute atomic E-state index is 13.1. The van der Waals surface area contributed by atoms with Crippen molar-refractivity contribution in [3.05, 3.63) is 71.6 Å². The van der Waals surface area contributed by atoms with E-state index in [9.17, 15) is 22.4 Å². The average Bonchev–Trinajstić information content (AvgIpc) is 3.40. The first-order chi connectivity index (χ1) is 15.2. The van der Waals surface area contributed by atoms with Crippen molar-refractivity contribution in [1.82, 2.24) is 5.32 Å². The number of nitrogens with one attached hydrogen (secondary N) is 2. The highest BCUT2D eigenvalue weighted by atomic mass is 32.2. The molecule has 2 aliphatic rings. The number of sulfonamides is 1. The van der Waals surface area contributed by atoms with Crippen molar-refractivity contribution in [2.75, 3.05) is 11.8 Å². The van der Waals surface area contributed by atoms with Gasteiger partial charge in [0.05, 0.1) is 23.3 Å². The van der Waals surface area contributed by atoms with Crippen LogP contribution in [0.3, 0.4) is 0 Å². The molecule has 1 saturated carbocycles. The Labute approximate surface area is 185 Å². The molecule has 0 aromatic heterocycles. The fourth-order valence-electron chi connectivity index (χ4n) is 4.32. The molecule has 0 spiro atoms. The Kier molecular flexibility index (Phi) is 6.01. The molecular formula is C23H23FN2O5S. The molecule has 2 aromatic rings. The van der Waals surface area contributed by atoms with E-state index in [1.807, 2.05) is 0 Å². The lowest BCUT2D eigenvalue weighted by atomic mass is 9.93. The zero-order valence-corrected chi connectivity index (χ0v) is 18.2. The third-order valence-corrected chi connectivity index (χ3v) is 7.27. The molecule has 2 aliphatic carbocycles. The summed E-state index contributed by atoms with van der Waals surface area (Å²) in [4.78, 5) is 24.6. The molecule has 2 aromatic carbocycles. The van der Waals surface area contributed by atoms with Crippen LogP contribution in [0.25, 0.3) is 0 Å². The summed E-state index contributed by atoms with van der Waals surface area (Å²) < 4.78 is 45.6. The predicted octanol–water partition coefficient (Wildman–Crippen LogP) is 3.24. The second-order valence-electron chi connectivity index (χ2n) is 8.07. The summed E-state index contributed by atoms with van der Waals surface area (Å²) in [5, 5.41) is 2.89. The number of ether oxygens (including phenoxy) is 1. The number of fused-ring (bicyclic) bond motifs is 2. The van der Waals surface area contributed by atoms with Crippen LogP contribution >= 0.6 is 0 Å². The van der Waals surface area contributed by atoms with Crippen molar-refractivity contribution in [2.45, 2.75) is 24.3 Å². The fourth-order valence-corrected chi connectivity index (χ4v) is 5.36. The maximum atomic E-state index is 13.1. The zero-order valence-electron chi connectivity index (χ0n) is 17.4. The van der Waals surface area contributed by atoms with Crippen LogP contribution in [0.2, 0.25) is 0 Å². The van der Waals surface area contributed by atoms with Crippen molar-refractivity contribution < 1.29 is 27.1 Å². The van der Waals surface area contributed by atoms with Gasteiger partial charge in [-0.2, -0.15) is 0 Å². The number of carbonyl (C=O) groups excluding carboxylic acids is 2. The maximum Gasteiger partial charge on any atom is 0.337 e. The first-order valence-electron chi connectivity index (χ1n) is 10.2. The number of hydrogen-bond donors (Lipinski definition) is 2. The standard InChI is InChI=1S/C23H23FN2O5S/c1-31-23(28)17-9-15(13-25-22(27)21-11-14-2-3-16(21)8-14)10-19(12-17)26-32(29,30)20-6-4-18(24)5-7-20/h2-7,9-10,12,14,16,21,26H,8,11,13H2,1H3,(H,25,27)/t14-,16+,21-/m1/s1. The molecule has 0 heterocycles. The zero-order chi connectivity index (χ0) is 22.9. The second kappa shape index (κ2) is 8.74. The number of benzene rings is 2. The van der Waals surface area contributed by atoms with E-state index in [0.717, 1.165) is 37.1 Å². The normalized spacial score (nSPS) is 21.4. The number of amides is 1. The minimum Gasteiger partial charge on any atom is -0.465 e. The van der Waals surface area contributed by atoms with Gasteiger partial charge in [-0.05, 0) is 72.7 Å². The van der Waals surface area contributed by atoms with Crippen molar-refractivity contribution in [3.63, 3.8) is 0 Å². The molecule has 0 unspecified atom stereocenters. The van der Waals surface area contributed by atoms with E-state index in [1.165, 1.54) is 19.2 Å². The number of allylic oxidation sites excluding steroid dienone is 2. The molecule has 9 heteroatoms. The van der Waals surface area contributed by atoms with Gasteiger partial charge in [-0.1, -0.05) is 12.2 Å². The summed E-state index contributed by atoms with van der Waals surface area (Å²) in [6.07, 6.45) is 6.09. The number of methoxy groups -OCH3 is 1. The van der Waals surface area contributed by atoms with Crippen LogP contribution in [0.1, 0.15) is 28.8 Å². The molecule has 1 amide bonds. The van der Waals surface area contributed by atoms with Crippen LogP contribution in [-0.2, 0) is 26.1 Å². The van der Waals surface area contributed by atoms with Gasteiger partial charge in [-0.25, -0.2) is 17.6 Å². The summed E-state index contributed by atoms with van der Waals surface area (Å²) >= 11 is 0. The van der Waals surface area contributed by atoms with Crippen molar-refractivity contribution in [2.24, 2.45) is 17.8 Å². The monoisotopic (exact) mass is 458 g/mol. The van der Waals surface area contributed by atoms with Crippen LogP contribution in [0.5, 0.6) is 0 Å².